The van der Waals surface area contributed by atoms with E-state index in [0.717, 1.165) is 12.5 Å². The molecule has 0 saturated carbocycles. The Labute approximate surface area is 119 Å². The first-order chi connectivity index (χ1) is 8.85. The second-order valence-corrected chi connectivity index (χ2v) is 14.6. The Hall–Kier alpha value is -0.686. The molecule has 0 aliphatic rings. The largest absolute Gasteiger partial charge is 0.453 e. The third-order valence-electron chi connectivity index (χ3n) is 2.80. The summed E-state index contributed by atoms with van der Waals surface area (Å²) in [6.45, 7) is 9.19. The lowest BCUT2D eigenvalue weighted by molar-refractivity contribution is 0.292. The highest BCUT2D eigenvalue weighted by molar-refractivity contribution is 6.88. The lowest BCUT2D eigenvalue weighted by Gasteiger charge is -2.32. The molecule has 1 rings (SSSR count). The number of aliphatic hydroxyl groups is 1. The van der Waals surface area contributed by atoms with Gasteiger partial charge >= 0.3 is 0 Å². The molecule has 0 saturated heterocycles. The van der Waals surface area contributed by atoms with Gasteiger partial charge < -0.3 is 9.22 Å². The molecule has 1 atom stereocenters. The molecular weight excluding hydrogens is 268 g/mol. The Bertz CT molecular complexity index is 398. The van der Waals surface area contributed by atoms with Crippen molar-refractivity contribution in [1.29, 1.82) is 0 Å². The lowest BCUT2D eigenvalue weighted by atomic mass is 10.2. The maximum atomic E-state index is 9.07. The van der Waals surface area contributed by atoms with Crippen molar-refractivity contribution in [3.63, 3.8) is 0 Å². The molecule has 2 nitrogen and oxygen atoms in total. The van der Waals surface area contributed by atoms with Crippen molar-refractivity contribution in [3.8, 4) is 0 Å². The van der Waals surface area contributed by atoms with Gasteiger partial charge in [-0.05, 0) is 44.2 Å². The lowest BCUT2D eigenvalue weighted by Crippen LogP contribution is -2.43. The van der Waals surface area contributed by atoms with E-state index in [1.165, 1.54) is 5.56 Å². The molecule has 0 spiro atoms. The van der Waals surface area contributed by atoms with Crippen LogP contribution in [0.4, 0.5) is 0 Å². The average molecular weight is 295 g/mol. The maximum absolute atomic E-state index is 9.07. The average Bonchev–Trinajstić information content (AvgIpc) is 2.33. The van der Waals surface area contributed by atoms with E-state index in [4.69, 9.17) is 9.22 Å². The van der Waals surface area contributed by atoms with E-state index in [-0.39, 0.29) is 6.61 Å². The van der Waals surface area contributed by atoms with Crippen LogP contribution in [0, 0.1) is 0 Å². The van der Waals surface area contributed by atoms with Crippen LogP contribution in [0.5, 0.6) is 0 Å². The minimum absolute atomic E-state index is 0.247. The van der Waals surface area contributed by atoms with Crippen LogP contribution in [-0.2, 0) is 4.12 Å². The third-order valence-corrected chi connectivity index (χ3v) is 9.33. The standard InChI is InChI=1S/C15H26O2Si2/c1-18(2,3)17-19(4,13-8-12-16)14-11-15-9-6-5-7-10-15/h5-7,9-11,14,16H,8,12-13H2,1-4H3. The summed E-state index contributed by atoms with van der Waals surface area (Å²) in [5.74, 6) is 0. The quantitative estimate of drug-likeness (QED) is 0.769. The van der Waals surface area contributed by atoms with Crippen LogP contribution in [0.25, 0.3) is 6.08 Å². The molecular formula is C15H26O2Si2. The Morgan fingerprint density at radius 1 is 1.11 bits per heavy atom. The minimum atomic E-state index is -1.87. The van der Waals surface area contributed by atoms with Gasteiger partial charge in [-0.15, -0.1) is 0 Å². The van der Waals surface area contributed by atoms with Crippen LogP contribution < -0.4 is 0 Å². The first-order valence-electron chi connectivity index (χ1n) is 6.90. The summed E-state index contributed by atoms with van der Waals surface area (Å²) < 4.78 is 6.43. The van der Waals surface area contributed by atoms with E-state index < -0.39 is 16.6 Å². The molecule has 1 aromatic carbocycles. The van der Waals surface area contributed by atoms with Gasteiger partial charge in [-0.3, -0.25) is 0 Å². The maximum Gasteiger partial charge on any atom is 0.201 e. The van der Waals surface area contributed by atoms with Crippen molar-refractivity contribution in [2.45, 2.75) is 38.7 Å². The molecule has 0 aromatic heterocycles. The highest BCUT2D eigenvalue weighted by Gasteiger charge is 2.31. The zero-order valence-corrected chi connectivity index (χ0v) is 14.5. The molecule has 0 aliphatic heterocycles. The zero-order chi connectivity index (χ0) is 14.4. The number of hydrogen-bond donors (Lipinski definition) is 1. The Morgan fingerprint density at radius 2 is 1.74 bits per heavy atom. The van der Waals surface area contributed by atoms with Crippen LogP contribution in [0.2, 0.25) is 32.2 Å². The number of aliphatic hydroxyl groups excluding tert-OH is 1. The van der Waals surface area contributed by atoms with Crippen molar-refractivity contribution in [1.82, 2.24) is 0 Å². The molecule has 4 heteroatoms. The topological polar surface area (TPSA) is 29.5 Å². The molecule has 1 N–H and O–H groups in total. The van der Waals surface area contributed by atoms with Crippen molar-refractivity contribution in [3.05, 3.63) is 41.6 Å². The number of hydrogen-bond acceptors (Lipinski definition) is 2. The molecule has 106 valence electrons. The second kappa shape index (κ2) is 7.19. The second-order valence-electron chi connectivity index (χ2n) is 6.10. The van der Waals surface area contributed by atoms with E-state index in [1.54, 1.807) is 0 Å². The van der Waals surface area contributed by atoms with Gasteiger partial charge in [0.25, 0.3) is 0 Å². The number of rotatable bonds is 7. The summed E-state index contributed by atoms with van der Waals surface area (Å²) in [6.07, 6.45) is 3.00. The van der Waals surface area contributed by atoms with E-state index >= 15 is 0 Å². The van der Waals surface area contributed by atoms with Gasteiger partial charge in [0, 0.05) is 6.61 Å². The predicted molar refractivity (Wildman–Crippen MR) is 88.0 cm³/mol. The van der Waals surface area contributed by atoms with Gasteiger partial charge in [-0.25, -0.2) is 0 Å². The zero-order valence-electron chi connectivity index (χ0n) is 12.5. The number of benzene rings is 1. The summed E-state index contributed by atoms with van der Waals surface area (Å²) in [4.78, 5) is 0. The molecule has 0 heterocycles. The molecule has 0 fully saturated rings. The van der Waals surface area contributed by atoms with Gasteiger partial charge in [-0.1, -0.05) is 42.1 Å². The first kappa shape index (κ1) is 16.4. The molecule has 1 aromatic rings. The van der Waals surface area contributed by atoms with Gasteiger partial charge in [0.15, 0.2) is 8.32 Å². The van der Waals surface area contributed by atoms with Gasteiger partial charge in [0.05, 0.1) is 0 Å². The van der Waals surface area contributed by atoms with Crippen molar-refractivity contribution in [2.24, 2.45) is 0 Å². The SMILES string of the molecule is C[Si](C)(C)O[Si](C)(C=Cc1ccccc1)CCCO. The van der Waals surface area contributed by atoms with Crippen LogP contribution in [0.1, 0.15) is 12.0 Å². The van der Waals surface area contributed by atoms with Crippen molar-refractivity contribution in [2.75, 3.05) is 6.61 Å². The fourth-order valence-corrected chi connectivity index (χ4v) is 9.98. The molecule has 0 bridgehead atoms. The normalized spacial score (nSPS) is 15.6. The van der Waals surface area contributed by atoms with Crippen LogP contribution >= 0.6 is 0 Å². The van der Waals surface area contributed by atoms with E-state index in [0.29, 0.717) is 0 Å². The summed E-state index contributed by atoms with van der Waals surface area (Å²) in [6, 6.07) is 11.3. The minimum Gasteiger partial charge on any atom is -0.453 e. The monoisotopic (exact) mass is 294 g/mol. The van der Waals surface area contributed by atoms with E-state index in [2.05, 4.69) is 50.1 Å². The molecule has 0 amide bonds. The summed E-state index contributed by atoms with van der Waals surface area (Å²) >= 11 is 0. The van der Waals surface area contributed by atoms with Gasteiger partial charge in [-0.2, -0.15) is 0 Å². The summed E-state index contributed by atoms with van der Waals surface area (Å²) in [5, 5.41) is 9.07. The summed E-state index contributed by atoms with van der Waals surface area (Å²) in [7, 11) is -3.42. The van der Waals surface area contributed by atoms with Crippen molar-refractivity contribution >= 4 is 22.7 Å². The molecule has 0 aliphatic carbocycles. The van der Waals surface area contributed by atoms with Crippen LogP contribution in [-0.4, -0.2) is 28.3 Å². The van der Waals surface area contributed by atoms with Gasteiger partial charge in [0.1, 0.15) is 0 Å². The molecule has 19 heavy (non-hydrogen) atoms. The highest BCUT2D eigenvalue weighted by Crippen LogP contribution is 2.22. The Morgan fingerprint density at radius 3 is 2.26 bits per heavy atom. The van der Waals surface area contributed by atoms with Crippen molar-refractivity contribution < 1.29 is 9.22 Å². The predicted octanol–water partition coefficient (Wildman–Crippen LogP) is 4.05. The first-order valence-corrected chi connectivity index (χ1v) is 13.0. The smallest absolute Gasteiger partial charge is 0.201 e. The van der Waals surface area contributed by atoms with Gasteiger partial charge in [0.2, 0.25) is 8.32 Å². The fourth-order valence-electron chi connectivity index (χ4n) is 2.13. The molecule has 0 radical (unpaired) electrons. The highest BCUT2D eigenvalue weighted by atomic mass is 28.4. The van der Waals surface area contributed by atoms with E-state index in [1.807, 2.05) is 18.2 Å². The Balaban J connectivity index is 2.82. The third kappa shape index (κ3) is 6.87. The Kier molecular flexibility index (Phi) is 6.19. The van der Waals surface area contributed by atoms with E-state index in [9.17, 15) is 0 Å². The van der Waals surface area contributed by atoms with Crippen LogP contribution in [0.3, 0.4) is 0 Å². The summed E-state index contributed by atoms with van der Waals surface area (Å²) in [5.41, 5.74) is 3.49. The van der Waals surface area contributed by atoms with Crippen LogP contribution in [0.15, 0.2) is 36.0 Å². The fraction of sp³-hybridized carbons (Fsp3) is 0.467. The molecule has 1 unspecified atom stereocenters.